The predicted octanol–water partition coefficient (Wildman–Crippen LogP) is 2.53. The number of carbonyl (C=O) groups is 2. The van der Waals surface area contributed by atoms with Gasteiger partial charge in [0.25, 0.3) is 0 Å². The first kappa shape index (κ1) is 18.5. The van der Waals surface area contributed by atoms with E-state index < -0.39 is 0 Å². The van der Waals surface area contributed by atoms with Crippen molar-refractivity contribution in [3.63, 3.8) is 0 Å². The van der Waals surface area contributed by atoms with Gasteiger partial charge in [0.1, 0.15) is 0 Å². The van der Waals surface area contributed by atoms with Crippen LogP contribution in [0.3, 0.4) is 0 Å². The molecule has 132 valence electrons. The lowest BCUT2D eigenvalue weighted by Gasteiger charge is -2.34. The Kier molecular flexibility index (Phi) is 6.79. The normalized spacial score (nSPS) is 18.6. The van der Waals surface area contributed by atoms with Crippen LogP contribution in [-0.4, -0.2) is 42.5 Å². The minimum Gasteiger partial charge on any atom is -0.466 e. The number of carbonyl (C=O) groups excluding carboxylic acids is 2. The number of hydrogen-bond acceptors (Lipinski definition) is 4. The summed E-state index contributed by atoms with van der Waals surface area (Å²) < 4.78 is 5.09. The van der Waals surface area contributed by atoms with E-state index in [9.17, 15) is 9.59 Å². The third-order valence-corrected chi connectivity index (χ3v) is 4.73. The highest BCUT2D eigenvalue weighted by atomic mass is 16.5. The molecule has 0 aliphatic carbocycles. The molecule has 1 N–H and O–H groups in total. The summed E-state index contributed by atoms with van der Waals surface area (Å²) in [5.41, 5.74) is 1.10. The van der Waals surface area contributed by atoms with Gasteiger partial charge in [0.2, 0.25) is 5.91 Å². The molecule has 5 nitrogen and oxygen atoms in total. The van der Waals surface area contributed by atoms with Crippen LogP contribution in [0.2, 0.25) is 0 Å². The van der Waals surface area contributed by atoms with Crippen molar-refractivity contribution in [3.8, 4) is 0 Å². The summed E-state index contributed by atoms with van der Waals surface area (Å²) in [5, 5.41) is 3.08. The average molecular weight is 332 g/mol. The Hall–Kier alpha value is -1.88. The van der Waals surface area contributed by atoms with E-state index in [4.69, 9.17) is 4.74 Å². The third-order valence-electron chi connectivity index (χ3n) is 4.73. The van der Waals surface area contributed by atoms with E-state index >= 15 is 0 Å². The molecule has 1 amide bonds. The molecule has 1 fully saturated rings. The maximum absolute atomic E-state index is 12.5. The van der Waals surface area contributed by atoms with Crippen molar-refractivity contribution in [1.82, 2.24) is 10.2 Å². The number of esters is 1. The molecular formula is C19H28N2O3. The molecule has 24 heavy (non-hydrogen) atoms. The second-order valence-electron chi connectivity index (χ2n) is 6.38. The van der Waals surface area contributed by atoms with E-state index in [0.29, 0.717) is 6.61 Å². The van der Waals surface area contributed by atoms with Crippen LogP contribution < -0.4 is 5.32 Å². The summed E-state index contributed by atoms with van der Waals surface area (Å²) in [6.45, 7) is 7.67. The number of piperidine rings is 1. The highest BCUT2D eigenvalue weighted by Crippen LogP contribution is 2.21. The first-order valence-corrected chi connectivity index (χ1v) is 8.79. The fourth-order valence-corrected chi connectivity index (χ4v) is 3.11. The van der Waals surface area contributed by atoms with Gasteiger partial charge < -0.3 is 10.1 Å². The van der Waals surface area contributed by atoms with Crippen molar-refractivity contribution < 1.29 is 14.3 Å². The lowest BCUT2D eigenvalue weighted by atomic mass is 9.96. The first-order chi connectivity index (χ1) is 11.5. The van der Waals surface area contributed by atoms with E-state index in [1.807, 2.05) is 51.1 Å². The van der Waals surface area contributed by atoms with Gasteiger partial charge in [-0.15, -0.1) is 0 Å². The van der Waals surface area contributed by atoms with Crippen LogP contribution in [-0.2, 0) is 14.3 Å². The van der Waals surface area contributed by atoms with Crippen molar-refractivity contribution in [3.05, 3.63) is 35.9 Å². The third kappa shape index (κ3) is 4.81. The zero-order chi connectivity index (χ0) is 17.5. The number of rotatable bonds is 6. The quantitative estimate of drug-likeness (QED) is 0.813. The topological polar surface area (TPSA) is 58.6 Å². The second kappa shape index (κ2) is 8.83. The van der Waals surface area contributed by atoms with Gasteiger partial charge >= 0.3 is 5.97 Å². The van der Waals surface area contributed by atoms with Gasteiger partial charge in [0.05, 0.1) is 24.6 Å². The van der Waals surface area contributed by atoms with E-state index in [-0.39, 0.29) is 29.9 Å². The first-order valence-electron chi connectivity index (χ1n) is 8.79. The fourth-order valence-electron chi connectivity index (χ4n) is 3.11. The molecule has 1 heterocycles. The molecule has 1 aliphatic rings. The van der Waals surface area contributed by atoms with Crippen molar-refractivity contribution in [2.75, 3.05) is 19.7 Å². The molecule has 0 radical (unpaired) electrons. The average Bonchev–Trinajstić information content (AvgIpc) is 2.62. The predicted molar refractivity (Wildman–Crippen MR) is 93.4 cm³/mol. The molecule has 2 rings (SSSR count). The summed E-state index contributed by atoms with van der Waals surface area (Å²) in [7, 11) is 0. The number of nitrogens with zero attached hydrogens (tertiary/aromatic N) is 1. The molecule has 5 heteroatoms. The number of ether oxygens (including phenoxy) is 1. The SMILES string of the molecule is CCOC(=O)C1CCN([C@H](C)C(=O)N[C@H](C)c2ccccc2)CC1. The zero-order valence-corrected chi connectivity index (χ0v) is 14.8. The van der Waals surface area contributed by atoms with Crippen LogP contribution in [0.1, 0.15) is 45.2 Å². The Labute approximate surface area is 144 Å². The van der Waals surface area contributed by atoms with Gasteiger partial charge in [-0.1, -0.05) is 30.3 Å². The van der Waals surface area contributed by atoms with Gasteiger partial charge in [-0.25, -0.2) is 0 Å². The van der Waals surface area contributed by atoms with Gasteiger partial charge in [-0.3, -0.25) is 14.5 Å². The summed E-state index contributed by atoms with van der Waals surface area (Å²) in [5.74, 6) is -0.104. The summed E-state index contributed by atoms with van der Waals surface area (Å²) in [6.07, 6.45) is 1.51. The molecular weight excluding hydrogens is 304 g/mol. The van der Waals surface area contributed by atoms with E-state index in [0.717, 1.165) is 31.5 Å². The Balaban J connectivity index is 1.83. The lowest BCUT2D eigenvalue weighted by molar-refractivity contribution is -0.149. The second-order valence-corrected chi connectivity index (χ2v) is 6.38. The number of likely N-dealkylation sites (tertiary alicyclic amines) is 1. The van der Waals surface area contributed by atoms with Crippen molar-refractivity contribution in [1.29, 1.82) is 0 Å². The maximum Gasteiger partial charge on any atom is 0.309 e. The number of nitrogens with one attached hydrogen (secondary N) is 1. The molecule has 0 aromatic heterocycles. The van der Waals surface area contributed by atoms with Gasteiger partial charge in [0.15, 0.2) is 0 Å². The number of hydrogen-bond donors (Lipinski definition) is 1. The summed E-state index contributed by atoms with van der Waals surface area (Å²) >= 11 is 0. The van der Waals surface area contributed by atoms with Gasteiger partial charge in [0, 0.05) is 0 Å². The van der Waals surface area contributed by atoms with Crippen LogP contribution in [0.4, 0.5) is 0 Å². The van der Waals surface area contributed by atoms with E-state index in [1.165, 1.54) is 0 Å². The Morgan fingerprint density at radius 1 is 1.21 bits per heavy atom. The van der Waals surface area contributed by atoms with Crippen LogP contribution in [0.25, 0.3) is 0 Å². The van der Waals surface area contributed by atoms with Crippen LogP contribution in [0, 0.1) is 5.92 Å². The standard InChI is InChI=1S/C19H28N2O3/c1-4-24-19(23)17-10-12-21(13-11-17)15(3)18(22)20-14(2)16-8-6-5-7-9-16/h5-9,14-15,17H,4,10-13H2,1-3H3,(H,20,22)/t14-,15-/m1/s1. The monoisotopic (exact) mass is 332 g/mol. The van der Waals surface area contributed by atoms with E-state index in [2.05, 4.69) is 10.2 Å². The highest BCUT2D eigenvalue weighted by molar-refractivity contribution is 5.81. The largest absolute Gasteiger partial charge is 0.466 e. The van der Waals surface area contributed by atoms with Gasteiger partial charge in [-0.2, -0.15) is 0 Å². The molecule has 0 saturated carbocycles. The van der Waals surface area contributed by atoms with Gasteiger partial charge in [-0.05, 0) is 52.3 Å². The van der Waals surface area contributed by atoms with Crippen molar-refractivity contribution >= 4 is 11.9 Å². The smallest absolute Gasteiger partial charge is 0.309 e. The molecule has 0 spiro atoms. The summed E-state index contributed by atoms with van der Waals surface area (Å²) in [6, 6.07) is 9.73. The molecule has 2 atom stereocenters. The Morgan fingerprint density at radius 2 is 1.83 bits per heavy atom. The lowest BCUT2D eigenvalue weighted by Crippen LogP contribution is -2.49. The van der Waals surface area contributed by atoms with Crippen LogP contribution in [0.5, 0.6) is 0 Å². The molecule has 0 unspecified atom stereocenters. The van der Waals surface area contributed by atoms with Crippen molar-refractivity contribution in [2.24, 2.45) is 5.92 Å². The molecule has 1 aliphatic heterocycles. The molecule has 1 aromatic carbocycles. The number of amides is 1. The summed E-state index contributed by atoms with van der Waals surface area (Å²) in [4.78, 5) is 26.4. The minimum atomic E-state index is -0.195. The number of benzene rings is 1. The zero-order valence-electron chi connectivity index (χ0n) is 14.8. The Morgan fingerprint density at radius 3 is 2.42 bits per heavy atom. The van der Waals surface area contributed by atoms with Crippen LogP contribution >= 0.6 is 0 Å². The van der Waals surface area contributed by atoms with E-state index in [1.54, 1.807) is 0 Å². The Bertz CT molecular complexity index is 539. The van der Waals surface area contributed by atoms with Crippen molar-refractivity contribution in [2.45, 2.75) is 45.7 Å². The van der Waals surface area contributed by atoms with Crippen LogP contribution in [0.15, 0.2) is 30.3 Å². The molecule has 1 saturated heterocycles. The molecule has 1 aromatic rings. The molecule has 0 bridgehead atoms. The highest BCUT2D eigenvalue weighted by Gasteiger charge is 2.30. The fraction of sp³-hybridized carbons (Fsp3) is 0.579. The minimum absolute atomic E-state index is 0.0155. The maximum atomic E-state index is 12.5.